The number of anilines is 3. The van der Waals surface area contributed by atoms with Gasteiger partial charge in [0.1, 0.15) is 13.2 Å². The summed E-state index contributed by atoms with van der Waals surface area (Å²) in [4.78, 5) is 38.8. The van der Waals surface area contributed by atoms with Gasteiger partial charge in [-0.3, -0.25) is 10.2 Å². The number of halogens is 3. The maximum absolute atomic E-state index is 12.8. The number of carbonyl (C=O) groups is 3. The number of esters is 1. The topological polar surface area (TPSA) is 120 Å². The Balaban J connectivity index is 1.51. The molecule has 39 heavy (non-hydrogen) atoms. The highest BCUT2D eigenvalue weighted by Gasteiger charge is 2.30. The summed E-state index contributed by atoms with van der Waals surface area (Å²) in [5, 5.41) is 2.55. The number of rotatable bonds is 6. The Morgan fingerprint density at radius 2 is 1.56 bits per heavy atom. The van der Waals surface area contributed by atoms with Crippen molar-refractivity contribution in [1.29, 1.82) is 0 Å². The summed E-state index contributed by atoms with van der Waals surface area (Å²) in [6.07, 6.45) is -1.69. The lowest BCUT2D eigenvalue weighted by Gasteiger charge is -2.22. The van der Waals surface area contributed by atoms with Crippen molar-refractivity contribution in [2.45, 2.75) is 9.71 Å². The normalized spacial score (nSPS) is 12.2. The second kappa shape index (κ2) is 11.6. The number of alkyl halides is 3. The molecule has 0 saturated carbocycles. The van der Waals surface area contributed by atoms with Crippen LogP contribution in [-0.4, -0.2) is 49.3 Å². The van der Waals surface area contributed by atoms with E-state index < -0.39 is 28.6 Å². The SMILES string of the molecule is COC(=O)c1cc(N(C)C(=O)OCC(Cl)(Cl)Cl)c(N)cc1NC(=O)OCC1c2ccccc2-c2ccccc21. The lowest BCUT2D eigenvalue weighted by atomic mass is 9.98. The molecule has 0 saturated heterocycles. The van der Waals surface area contributed by atoms with Gasteiger partial charge in [-0.1, -0.05) is 83.3 Å². The zero-order valence-electron chi connectivity index (χ0n) is 20.9. The van der Waals surface area contributed by atoms with Crippen molar-refractivity contribution in [2.75, 3.05) is 43.3 Å². The molecule has 0 aliphatic heterocycles. The highest BCUT2D eigenvalue weighted by molar-refractivity contribution is 6.67. The summed E-state index contributed by atoms with van der Waals surface area (Å²) in [6, 6.07) is 18.5. The third-order valence-corrected chi connectivity index (χ3v) is 6.47. The van der Waals surface area contributed by atoms with Crippen LogP contribution >= 0.6 is 34.8 Å². The molecule has 0 bridgehead atoms. The fourth-order valence-corrected chi connectivity index (χ4v) is 4.52. The number of nitrogens with zero attached hydrogens (tertiary/aromatic N) is 1. The number of hydrogen-bond acceptors (Lipinski definition) is 7. The van der Waals surface area contributed by atoms with Crippen LogP contribution in [0.3, 0.4) is 0 Å². The van der Waals surface area contributed by atoms with E-state index in [1.54, 1.807) is 0 Å². The number of amides is 2. The molecular weight excluding hydrogens is 569 g/mol. The molecule has 1 aliphatic rings. The van der Waals surface area contributed by atoms with Gasteiger partial charge in [0.15, 0.2) is 0 Å². The number of nitrogens with two attached hydrogens (primary N) is 1. The lowest BCUT2D eigenvalue weighted by Crippen LogP contribution is -2.31. The van der Waals surface area contributed by atoms with Crippen molar-refractivity contribution in [2.24, 2.45) is 0 Å². The van der Waals surface area contributed by atoms with Crippen LogP contribution in [0, 0.1) is 0 Å². The number of benzene rings is 3. The fraction of sp³-hybridized carbons (Fsp3) is 0.222. The summed E-state index contributed by atoms with van der Waals surface area (Å²) in [5.74, 6) is -0.934. The standard InChI is InChI=1S/C27H24Cl3N3O6/c1-33(26(36)39-14-27(28,29)30)23-11-19(24(34)37-2)22(12-21(23)31)32-25(35)38-13-20-17-9-5-3-7-15(17)16-8-4-6-10-18(16)20/h3-12,20H,13-14,31H2,1-2H3,(H,32,35). The Morgan fingerprint density at radius 1 is 0.974 bits per heavy atom. The predicted octanol–water partition coefficient (Wildman–Crippen LogP) is 6.36. The average Bonchev–Trinajstić information content (AvgIpc) is 3.23. The van der Waals surface area contributed by atoms with E-state index in [0.717, 1.165) is 27.2 Å². The minimum atomic E-state index is -1.81. The molecule has 3 aromatic carbocycles. The van der Waals surface area contributed by atoms with Crippen LogP contribution in [0.2, 0.25) is 0 Å². The van der Waals surface area contributed by atoms with Crippen molar-refractivity contribution in [3.8, 4) is 11.1 Å². The van der Waals surface area contributed by atoms with Crippen LogP contribution < -0.4 is 16.0 Å². The number of fused-ring (bicyclic) bond motifs is 3. The van der Waals surface area contributed by atoms with E-state index >= 15 is 0 Å². The van der Waals surface area contributed by atoms with Gasteiger partial charge >= 0.3 is 18.2 Å². The molecule has 4 rings (SSSR count). The highest BCUT2D eigenvalue weighted by Crippen LogP contribution is 2.44. The molecule has 0 radical (unpaired) electrons. The van der Waals surface area contributed by atoms with Crippen LogP contribution in [-0.2, 0) is 14.2 Å². The molecular formula is C27H24Cl3N3O6. The quantitative estimate of drug-likeness (QED) is 0.148. The van der Waals surface area contributed by atoms with E-state index in [-0.39, 0.29) is 35.2 Å². The van der Waals surface area contributed by atoms with Crippen LogP contribution in [0.25, 0.3) is 11.1 Å². The molecule has 3 N–H and O–H groups in total. The van der Waals surface area contributed by atoms with Gasteiger partial charge in [-0.15, -0.1) is 0 Å². The summed E-state index contributed by atoms with van der Waals surface area (Å²) in [7, 11) is 2.53. The minimum Gasteiger partial charge on any atom is -0.465 e. The summed E-state index contributed by atoms with van der Waals surface area (Å²) < 4.78 is 13.6. The smallest absolute Gasteiger partial charge is 0.414 e. The first kappa shape index (κ1) is 28.4. The van der Waals surface area contributed by atoms with Crippen LogP contribution in [0.5, 0.6) is 0 Å². The molecule has 0 fully saturated rings. The van der Waals surface area contributed by atoms with Gasteiger partial charge < -0.3 is 19.9 Å². The molecule has 0 atom stereocenters. The number of ether oxygens (including phenoxy) is 3. The molecule has 0 aromatic heterocycles. The van der Waals surface area contributed by atoms with Gasteiger partial charge in [-0.2, -0.15) is 0 Å². The summed E-state index contributed by atoms with van der Waals surface area (Å²) >= 11 is 16.9. The third kappa shape index (κ3) is 6.33. The first-order valence-electron chi connectivity index (χ1n) is 11.6. The van der Waals surface area contributed by atoms with E-state index in [4.69, 9.17) is 54.7 Å². The van der Waals surface area contributed by atoms with Gasteiger partial charge in [0.2, 0.25) is 3.79 Å². The maximum Gasteiger partial charge on any atom is 0.414 e. The highest BCUT2D eigenvalue weighted by atomic mass is 35.6. The zero-order valence-corrected chi connectivity index (χ0v) is 23.1. The van der Waals surface area contributed by atoms with Gasteiger partial charge in [0.25, 0.3) is 0 Å². The number of carbonyl (C=O) groups excluding carboxylic acids is 3. The number of hydrogen-bond donors (Lipinski definition) is 2. The Hall–Kier alpha value is -3.66. The van der Waals surface area contributed by atoms with Crippen molar-refractivity contribution in [3.63, 3.8) is 0 Å². The number of nitrogens with one attached hydrogen (secondary N) is 1. The van der Waals surface area contributed by atoms with E-state index in [9.17, 15) is 14.4 Å². The monoisotopic (exact) mass is 591 g/mol. The Labute approximate surface area is 239 Å². The second-order valence-corrected chi connectivity index (χ2v) is 11.1. The van der Waals surface area contributed by atoms with Crippen molar-refractivity contribution in [3.05, 3.63) is 77.4 Å². The molecule has 0 heterocycles. The summed E-state index contributed by atoms with van der Waals surface area (Å²) in [6.45, 7) is -0.440. The molecule has 12 heteroatoms. The largest absolute Gasteiger partial charge is 0.465 e. The fourth-order valence-electron chi connectivity index (χ4n) is 4.36. The third-order valence-electron chi connectivity index (χ3n) is 6.15. The number of methoxy groups -OCH3 is 1. The van der Waals surface area contributed by atoms with Crippen molar-refractivity contribution < 1.29 is 28.6 Å². The summed E-state index contributed by atoms with van der Waals surface area (Å²) in [5.41, 5.74) is 10.5. The second-order valence-electron chi connectivity index (χ2n) is 8.63. The zero-order chi connectivity index (χ0) is 28.3. The Bertz CT molecular complexity index is 1380. The van der Waals surface area contributed by atoms with Gasteiger partial charge in [0, 0.05) is 13.0 Å². The molecule has 1 aliphatic carbocycles. The van der Waals surface area contributed by atoms with Crippen LogP contribution in [0.1, 0.15) is 27.4 Å². The molecule has 9 nitrogen and oxygen atoms in total. The number of nitrogen functional groups attached to an aromatic ring is 1. The van der Waals surface area contributed by atoms with Crippen molar-refractivity contribution in [1.82, 2.24) is 0 Å². The molecule has 0 spiro atoms. The average molecular weight is 593 g/mol. The van der Waals surface area contributed by atoms with E-state index in [1.807, 2.05) is 48.5 Å². The Morgan fingerprint density at radius 3 is 2.13 bits per heavy atom. The Kier molecular flexibility index (Phi) is 8.44. The minimum absolute atomic E-state index is 0.0309. The van der Waals surface area contributed by atoms with Crippen molar-refractivity contribution >= 4 is 70.0 Å². The lowest BCUT2D eigenvalue weighted by molar-refractivity contribution is 0.0602. The first-order valence-corrected chi connectivity index (χ1v) is 12.7. The predicted molar refractivity (Wildman–Crippen MR) is 151 cm³/mol. The van der Waals surface area contributed by atoms with Gasteiger partial charge in [0.05, 0.1) is 29.7 Å². The van der Waals surface area contributed by atoms with E-state index in [0.29, 0.717) is 0 Å². The first-order chi connectivity index (χ1) is 18.5. The van der Waals surface area contributed by atoms with E-state index in [1.165, 1.54) is 26.3 Å². The molecule has 0 unspecified atom stereocenters. The van der Waals surface area contributed by atoms with Gasteiger partial charge in [-0.05, 0) is 34.4 Å². The molecule has 3 aromatic rings. The van der Waals surface area contributed by atoms with Gasteiger partial charge in [-0.25, -0.2) is 14.4 Å². The van der Waals surface area contributed by atoms with Crippen LogP contribution in [0.4, 0.5) is 26.7 Å². The van der Waals surface area contributed by atoms with Crippen LogP contribution in [0.15, 0.2) is 60.7 Å². The maximum atomic E-state index is 12.8. The van der Waals surface area contributed by atoms with E-state index in [2.05, 4.69) is 5.32 Å². The molecule has 204 valence electrons. The molecule has 2 amide bonds.